The highest BCUT2D eigenvalue weighted by Crippen LogP contribution is 2.14. The van der Waals surface area contributed by atoms with Crippen molar-refractivity contribution in [2.75, 3.05) is 13.2 Å². The van der Waals surface area contributed by atoms with Crippen molar-refractivity contribution in [2.24, 2.45) is 5.92 Å². The largest absolute Gasteiger partial charge is 0.481 e. The van der Waals surface area contributed by atoms with Crippen molar-refractivity contribution in [3.8, 4) is 0 Å². The van der Waals surface area contributed by atoms with E-state index in [2.05, 4.69) is 20.8 Å². The smallest absolute Gasteiger partial charge is 0.339 e. The van der Waals surface area contributed by atoms with Crippen molar-refractivity contribution in [1.82, 2.24) is 0 Å². The molecule has 1 atom stereocenters. The molecule has 0 heterocycles. The number of benzene rings is 1. The summed E-state index contributed by atoms with van der Waals surface area (Å²) in [6.07, 6.45) is 17.3. The van der Waals surface area contributed by atoms with Gasteiger partial charge in [-0.15, -0.1) is 0 Å². The molecule has 0 aliphatic rings. The van der Waals surface area contributed by atoms with Crippen LogP contribution >= 0.6 is 0 Å². The van der Waals surface area contributed by atoms with Crippen molar-refractivity contribution >= 4 is 17.9 Å². The second-order valence-electron chi connectivity index (χ2n) is 9.94. The van der Waals surface area contributed by atoms with Gasteiger partial charge in [0.1, 0.15) is 0 Å². The van der Waals surface area contributed by atoms with Gasteiger partial charge in [0.15, 0.2) is 0 Å². The minimum atomic E-state index is -0.643. The van der Waals surface area contributed by atoms with Crippen LogP contribution in [0.15, 0.2) is 24.3 Å². The van der Waals surface area contributed by atoms with Gasteiger partial charge < -0.3 is 14.6 Å². The number of carboxylic acids is 1. The zero-order valence-electron chi connectivity index (χ0n) is 24.6. The predicted octanol–water partition coefficient (Wildman–Crippen LogP) is 9.01. The molecule has 0 bridgehead atoms. The Morgan fingerprint density at radius 3 is 1.39 bits per heavy atom. The second kappa shape index (κ2) is 24.9. The highest BCUT2D eigenvalue weighted by Gasteiger charge is 2.18. The van der Waals surface area contributed by atoms with Crippen LogP contribution in [0.5, 0.6) is 0 Å². The number of hydrogen-bond donors (Lipinski definition) is 1. The second-order valence-corrected chi connectivity index (χ2v) is 9.94. The molecule has 0 aliphatic heterocycles. The van der Waals surface area contributed by atoms with E-state index < -0.39 is 17.9 Å². The molecule has 0 aromatic heterocycles. The maximum atomic E-state index is 12.4. The minimum absolute atomic E-state index is 0.111. The minimum Gasteiger partial charge on any atom is -0.481 e. The first-order valence-electron chi connectivity index (χ1n) is 15.1. The van der Waals surface area contributed by atoms with Crippen molar-refractivity contribution in [3.63, 3.8) is 0 Å². The summed E-state index contributed by atoms with van der Waals surface area (Å²) in [5.41, 5.74) is 0.586. The third kappa shape index (κ3) is 18.0. The van der Waals surface area contributed by atoms with Crippen molar-refractivity contribution < 1.29 is 29.0 Å². The number of aliphatic carboxylic acids is 1. The van der Waals surface area contributed by atoms with Crippen molar-refractivity contribution in [1.29, 1.82) is 0 Å². The van der Waals surface area contributed by atoms with E-state index in [9.17, 15) is 14.4 Å². The van der Waals surface area contributed by atoms with Crippen LogP contribution < -0.4 is 0 Å². The predicted molar refractivity (Wildman–Crippen MR) is 155 cm³/mol. The zero-order chi connectivity index (χ0) is 28.4. The summed E-state index contributed by atoms with van der Waals surface area (Å²) >= 11 is 0. The average molecular weight is 535 g/mol. The molecule has 1 aromatic rings. The maximum Gasteiger partial charge on any atom is 0.339 e. The number of carboxylic acid groups (broad SMARTS) is 1. The highest BCUT2D eigenvalue weighted by molar-refractivity contribution is 6.03. The number of carbonyl (C=O) groups is 3. The molecule has 0 spiro atoms. The lowest BCUT2D eigenvalue weighted by atomic mass is 10.00. The summed E-state index contributed by atoms with van der Waals surface area (Å²) in [6, 6.07) is 6.74. The molecule has 6 nitrogen and oxygen atoms in total. The van der Waals surface area contributed by atoms with E-state index in [1.165, 1.54) is 51.4 Å². The third-order valence-electron chi connectivity index (χ3n) is 6.58. The first-order chi connectivity index (χ1) is 18.4. The van der Waals surface area contributed by atoms with Gasteiger partial charge in [-0.2, -0.15) is 0 Å². The molecule has 0 saturated carbocycles. The van der Waals surface area contributed by atoms with E-state index in [1.807, 2.05) is 6.92 Å². The zero-order valence-corrected chi connectivity index (χ0v) is 24.6. The van der Waals surface area contributed by atoms with Crippen LogP contribution in [0.4, 0.5) is 0 Å². The lowest BCUT2D eigenvalue weighted by Gasteiger charge is -2.10. The number of rotatable bonds is 21. The van der Waals surface area contributed by atoms with Gasteiger partial charge in [-0.05, 0) is 37.8 Å². The Balaban J connectivity index is 0.00000115. The first-order valence-corrected chi connectivity index (χ1v) is 15.1. The van der Waals surface area contributed by atoms with Crippen LogP contribution in [0.1, 0.15) is 151 Å². The van der Waals surface area contributed by atoms with Crippen LogP contribution in [-0.2, 0) is 14.3 Å². The SMILES string of the molecule is CCCCC(CC)C(=O)O.CCCCCCCCOC(=O)c1ccccc1C(=O)OCCCCCCCC. The Morgan fingerprint density at radius 1 is 0.632 bits per heavy atom. The molecule has 1 aromatic carbocycles. The molecule has 0 saturated heterocycles. The van der Waals surface area contributed by atoms with Crippen molar-refractivity contribution in [3.05, 3.63) is 35.4 Å². The third-order valence-corrected chi connectivity index (χ3v) is 6.58. The van der Waals surface area contributed by atoms with E-state index in [1.54, 1.807) is 24.3 Å². The first kappa shape index (κ1) is 35.6. The fraction of sp³-hybridized carbons (Fsp3) is 0.719. The molecule has 38 heavy (non-hydrogen) atoms. The molecule has 1 rings (SSSR count). The summed E-state index contributed by atoms with van der Waals surface area (Å²) in [4.78, 5) is 35.1. The molecule has 0 radical (unpaired) electrons. The van der Waals surface area contributed by atoms with Crippen LogP contribution in [-0.4, -0.2) is 36.2 Å². The van der Waals surface area contributed by atoms with Gasteiger partial charge >= 0.3 is 17.9 Å². The number of hydrogen-bond acceptors (Lipinski definition) is 5. The molecule has 6 heteroatoms. The Bertz CT molecular complexity index is 696. The van der Waals surface area contributed by atoms with Crippen molar-refractivity contribution in [2.45, 2.75) is 130 Å². The molecule has 1 unspecified atom stereocenters. The summed E-state index contributed by atoms with van der Waals surface area (Å²) in [6.45, 7) is 9.18. The molecule has 0 amide bonds. The average Bonchev–Trinajstić information content (AvgIpc) is 2.92. The Morgan fingerprint density at radius 2 is 1.03 bits per heavy atom. The van der Waals surface area contributed by atoms with Gasteiger partial charge in [0.25, 0.3) is 0 Å². The van der Waals surface area contributed by atoms with E-state index in [0.717, 1.165) is 51.4 Å². The summed E-state index contributed by atoms with van der Waals surface area (Å²) in [5, 5.41) is 8.60. The van der Waals surface area contributed by atoms with E-state index >= 15 is 0 Å². The Hall–Kier alpha value is -2.37. The fourth-order valence-corrected chi connectivity index (χ4v) is 4.04. The molecule has 1 N–H and O–H groups in total. The van der Waals surface area contributed by atoms with Gasteiger partial charge in [0.05, 0.1) is 30.3 Å². The lowest BCUT2D eigenvalue weighted by Crippen LogP contribution is -2.15. The monoisotopic (exact) mass is 534 g/mol. The molecular weight excluding hydrogens is 480 g/mol. The number of unbranched alkanes of at least 4 members (excludes halogenated alkanes) is 11. The number of ether oxygens (including phenoxy) is 2. The maximum absolute atomic E-state index is 12.4. The fourth-order valence-electron chi connectivity index (χ4n) is 4.04. The van der Waals surface area contributed by atoms with E-state index in [4.69, 9.17) is 14.6 Å². The van der Waals surface area contributed by atoms with Crippen LogP contribution in [0.25, 0.3) is 0 Å². The van der Waals surface area contributed by atoms with Gasteiger partial charge in [-0.1, -0.05) is 117 Å². The quantitative estimate of drug-likeness (QED) is 0.125. The topological polar surface area (TPSA) is 89.9 Å². The van der Waals surface area contributed by atoms with Crippen LogP contribution in [0.2, 0.25) is 0 Å². The van der Waals surface area contributed by atoms with Gasteiger partial charge in [0.2, 0.25) is 0 Å². The van der Waals surface area contributed by atoms with Gasteiger partial charge in [-0.25, -0.2) is 9.59 Å². The molecule has 218 valence electrons. The lowest BCUT2D eigenvalue weighted by molar-refractivity contribution is -0.142. The standard InChI is InChI=1S/C24H38O4.C8H16O2/c1-3-5-7-9-11-15-19-27-23(25)21-17-13-14-18-22(21)24(26)28-20-16-12-10-8-6-4-2;1-3-5-6-7(4-2)8(9)10/h13-14,17-18H,3-12,15-16,19-20H2,1-2H3;7H,3-6H2,1-2H3,(H,9,10). The molecule has 0 fully saturated rings. The van der Waals surface area contributed by atoms with E-state index in [-0.39, 0.29) is 5.92 Å². The Kier molecular flexibility index (Phi) is 23.4. The van der Waals surface area contributed by atoms with Crippen LogP contribution in [0, 0.1) is 5.92 Å². The highest BCUT2D eigenvalue weighted by atomic mass is 16.5. The Labute approximate surface area is 231 Å². The summed E-state index contributed by atoms with van der Waals surface area (Å²) in [7, 11) is 0. The van der Waals surface area contributed by atoms with Gasteiger partial charge in [-0.3, -0.25) is 4.79 Å². The van der Waals surface area contributed by atoms with E-state index in [0.29, 0.717) is 24.3 Å². The van der Waals surface area contributed by atoms with Crippen LogP contribution in [0.3, 0.4) is 0 Å². The summed E-state index contributed by atoms with van der Waals surface area (Å²) in [5.74, 6) is -1.64. The normalized spacial score (nSPS) is 11.3. The summed E-state index contributed by atoms with van der Waals surface area (Å²) < 4.78 is 10.7. The van der Waals surface area contributed by atoms with Gasteiger partial charge in [0, 0.05) is 0 Å². The molecule has 0 aliphatic carbocycles. The number of carbonyl (C=O) groups excluding carboxylic acids is 2. The molecular formula is C32H54O6. The number of esters is 2.